The predicted molar refractivity (Wildman–Crippen MR) is 83.8 cm³/mol. The summed E-state index contributed by atoms with van der Waals surface area (Å²) in [6, 6.07) is 6.56. The van der Waals surface area contributed by atoms with Gasteiger partial charge in [-0.05, 0) is 44.2 Å². The summed E-state index contributed by atoms with van der Waals surface area (Å²) in [5.41, 5.74) is 6.92. The molecule has 6 nitrogen and oxygen atoms in total. The first-order chi connectivity index (χ1) is 9.87. The quantitative estimate of drug-likeness (QED) is 0.802. The molecule has 116 valence electrons. The third-order valence-corrected chi connectivity index (χ3v) is 5.41. The Morgan fingerprint density at radius 1 is 1.24 bits per heavy atom. The number of rotatable bonds is 3. The molecule has 2 rings (SSSR count). The van der Waals surface area contributed by atoms with Gasteiger partial charge in [-0.2, -0.15) is 0 Å². The Balaban J connectivity index is 1.97. The van der Waals surface area contributed by atoms with Gasteiger partial charge in [0.2, 0.25) is 5.91 Å². The summed E-state index contributed by atoms with van der Waals surface area (Å²) >= 11 is 0. The molecule has 0 spiro atoms. The SMILES string of the molecule is CC(C(=O)Nc1ccc(N)cc1)N1CCCS(=O)(=O)CC1. The van der Waals surface area contributed by atoms with E-state index < -0.39 is 9.84 Å². The molecule has 1 atom stereocenters. The number of hydrogen-bond acceptors (Lipinski definition) is 5. The monoisotopic (exact) mass is 311 g/mol. The van der Waals surface area contributed by atoms with E-state index in [1.807, 2.05) is 4.90 Å². The summed E-state index contributed by atoms with van der Waals surface area (Å²) in [5, 5.41) is 2.82. The molecule has 1 aromatic carbocycles. The maximum absolute atomic E-state index is 12.2. The van der Waals surface area contributed by atoms with Crippen molar-refractivity contribution >= 4 is 27.1 Å². The first-order valence-electron chi connectivity index (χ1n) is 6.98. The first kappa shape index (κ1) is 15.8. The topological polar surface area (TPSA) is 92.5 Å². The van der Waals surface area contributed by atoms with Crippen LogP contribution in [0.3, 0.4) is 0 Å². The largest absolute Gasteiger partial charge is 0.399 e. The lowest BCUT2D eigenvalue weighted by molar-refractivity contribution is -0.120. The zero-order valence-electron chi connectivity index (χ0n) is 12.1. The highest BCUT2D eigenvalue weighted by Gasteiger charge is 2.26. The maximum Gasteiger partial charge on any atom is 0.241 e. The van der Waals surface area contributed by atoms with Gasteiger partial charge in [-0.25, -0.2) is 8.42 Å². The van der Waals surface area contributed by atoms with E-state index in [1.54, 1.807) is 31.2 Å². The molecule has 0 aliphatic carbocycles. The molecule has 0 bridgehead atoms. The molecule has 7 heteroatoms. The van der Waals surface area contributed by atoms with E-state index in [0.29, 0.717) is 30.9 Å². The van der Waals surface area contributed by atoms with E-state index in [2.05, 4.69) is 5.32 Å². The summed E-state index contributed by atoms with van der Waals surface area (Å²) < 4.78 is 23.2. The summed E-state index contributed by atoms with van der Waals surface area (Å²) in [4.78, 5) is 14.2. The molecule has 1 saturated heterocycles. The lowest BCUT2D eigenvalue weighted by Crippen LogP contribution is -2.43. The highest BCUT2D eigenvalue weighted by atomic mass is 32.2. The van der Waals surface area contributed by atoms with Crippen molar-refractivity contribution in [3.63, 3.8) is 0 Å². The van der Waals surface area contributed by atoms with E-state index in [4.69, 9.17) is 5.73 Å². The van der Waals surface area contributed by atoms with Crippen LogP contribution >= 0.6 is 0 Å². The van der Waals surface area contributed by atoms with Crippen LogP contribution in [0, 0.1) is 0 Å². The second-order valence-corrected chi connectivity index (χ2v) is 7.63. The van der Waals surface area contributed by atoms with Crippen molar-refractivity contribution in [1.29, 1.82) is 0 Å². The Bertz CT molecular complexity index is 598. The highest BCUT2D eigenvalue weighted by Crippen LogP contribution is 2.13. The van der Waals surface area contributed by atoms with Crippen molar-refractivity contribution in [2.24, 2.45) is 0 Å². The summed E-state index contributed by atoms with van der Waals surface area (Å²) in [6.45, 7) is 2.82. The number of hydrogen-bond donors (Lipinski definition) is 2. The Morgan fingerprint density at radius 2 is 1.90 bits per heavy atom. The molecule has 3 N–H and O–H groups in total. The molecule has 0 radical (unpaired) electrons. The van der Waals surface area contributed by atoms with E-state index in [9.17, 15) is 13.2 Å². The van der Waals surface area contributed by atoms with Crippen LogP contribution in [0.4, 0.5) is 11.4 Å². The standard InChI is InChI=1S/C14H21N3O3S/c1-11(17-7-2-9-21(19,20)10-8-17)14(18)16-13-5-3-12(15)4-6-13/h3-6,11H,2,7-10,15H2,1H3,(H,16,18). The second-order valence-electron chi connectivity index (χ2n) is 5.33. The number of amides is 1. The molecule has 1 aliphatic rings. The number of nitrogen functional groups attached to an aromatic ring is 1. The van der Waals surface area contributed by atoms with Crippen molar-refractivity contribution in [2.75, 3.05) is 35.6 Å². The fraction of sp³-hybridized carbons (Fsp3) is 0.500. The summed E-state index contributed by atoms with van der Waals surface area (Å²) in [5.74, 6) is 0.182. The van der Waals surface area contributed by atoms with Crippen LogP contribution in [-0.2, 0) is 14.6 Å². The molecule has 0 saturated carbocycles. The molecule has 1 fully saturated rings. The average molecular weight is 311 g/mol. The van der Waals surface area contributed by atoms with Crippen LogP contribution in [0.5, 0.6) is 0 Å². The molecule has 1 aromatic rings. The first-order valence-corrected chi connectivity index (χ1v) is 8.80. The Labute approximate surface area is 125 Å². The van der Waals surface area contributed by atoms with Gasteiger partial charge in [-0.1, -0.05) is 0 Å². The Kier molecular flexibility index (Phi) is 4.84. The van der Waals surface area contributed by atoms with Crippen LogP contribution in [0.25, 0.3) is 0 Å². The van der Waals surface area contributed by atoms with Gasteiger partial charge in [0.25, 0.3) is 0 Å². The van der Waals surface area contributed by atoms with Gasteiger partial charge in [-0.3, -0.25) is 9.69 Å². The van der Waals surface area contributed by atoms with Gasteiger partial charge >= 0.3 is 0 Å². The zero-order valence-corrected chi connectivity index (χ0v) is 12.9. The second kappa shape index (κ2) is 6.44. The number of carbonyl (C=O) groups excluding carboxylic acids is 1. The minimum atomic E-state index is -2.96. The average Bonchev–Trinajstić information content (AvgIpc) is 2.61. The van der Waals surface area contributed by atoms with Crippen molar-refractivity contribution in [1.82, 2.24) is 4.90 Å². The molecular weight excluding hydrogens is 290 g/mol. The predicted octanol–water partition coefficient (Wildman–Crippen LogP) is 0.716. The summed E-state index contributed by atoms with van der Waals surface area (Å²) in [6.07, 6.45) is 0.571. The number of nitrogens with zero attached hydrogens (tertiary/aromatic N) is 1. The summed E-state index contributed by atoms with van der Waals surface area (Å²) in [7, 11) is -2.96. The van der Waals surface area contributed by atoms with Crippen LogP contribution in [0.15, 0.2) is 24.3 Å². The van der Waals surface area contributed by atoms with E-state index >= 15 is 0 Å². The van der Waals surface area contributed by atoms with Crippen LogP contribution < -0.4 is 11.1 Å². The third-order valence-electron chi connectivity index (χ3n) is 3.70. The van der Waals surface area contributed by atoms with Crippen LogP contribution in [0.1, 0.15) is 13.3 Å². The number of benzene rings is 1. The van der Waals surface area contributed by atoms with Gasteiger partial charge in [-0.15, -0.1) is 0 Å². The molecule has 1 aliphatic heterocycles. The van der Waals surface area contributed by atoms with Crippen molar-refractivity contribution in [3.8, 4) is 0 Å². The smallest absolute Gasteiger partial charge is 0.241 e. The minimum Gasteiger partial charge on any atom is -0.399 e. The Morgan fingerprint density at radius 3 is 2.57 bits per heavy atom. The van der Waals surface area contributed by atoms with Crippen LogP contribution in [-0.4, -0.2) is 49.9 Å². The van der Waals surface area contributed by atoms with Crippen LogP contribution in [0.2, 0.25) is 0 Å². The van der Waals surface area contributed by atoms with Gasteiger partial charge in [0.1, 0.15) is 0 Å². The van der Waals surface area contributed by atoms with Gasteiger partial charge in [0, 0.05) is 17.9 Å². The molecule has 0 aromatic heterocycles. The minimum absolute atomic E-state index is 0.118. The lowest BCUT2D eigenvalue weighted by atomic mass is 10.2. The number of carbonyl (C=O) groups is 1. The fourth-order valence-electron chi connectivity index (χ4n) is 2.32. The lowest BCUT2D eigenvalue weighted by Gasteiger charge is -2.26. The van der Waals surface area contributed by atoms with Crippen molar-refractivity contribution in [3.05, 3.63) is 24.3 Å². The number of nitrogens with two attached hydrogens (primary N) is 1. The van der Waals surface area contributed by atoms with E-state index in [0.717, 1.165) is 0 Å². The Hall–Kier alpha value is -1.60. The normalized spacial score (nSPS) is 20.4. The maximum atomic E-state index is 12.2. The van der Waals surface area contributed by atoms with Gasteiger partial charge in [0.05, 0.1) is 17.5 Å². The fourth-order valence-corrected chi connectivity index (χ4v) is 3.61. The van der Waals surface area contributed by atoms with Gasteiger partial charge < -0.3 is 11.1 Å². The number of sulfone groups is 1. The van der Waals surface area contributed by atoms with Crippen molar-refractivity contribution in [2.45, 2.75) is 19.4 Å². The third kappa shape index (κ3) is 4.44. The van der Waals surface area contributed by atoms with Crippen molar-refractivity contribution < 1.29 is 13.2 Å². The molecule has 1 heterocycles. The van der Waals surface area contributed by atoms with E-state index in [1.165, 1.54) is 0 Å². The number of nitrogens with one attached hydrogen (secondary N) is 1. The highest BCUT2D eigenvalue weighted by molar-refractivity contribution is 7.91. The van der Waals surface area contributed by atoms with Gasteiger partial charge in [0.15, 0.2) is 9.84 Å². The molecular formula is C14H21N3O3S. The number of anilines is 2. The molecule has 1 amide bonds. The zero-order chi connectivity index (χ0) is 15.5. The van der Waals surface area contributed by atoms with E-state index in [-0.39, 0.29) is 23.5 Å². The molecule has 1 unspecified atom stereocenters. The molecule has 21 heavy (non-hydrogen) atoms.